The number of carbonyl (C=O) groups excluding carboxylic acids is 1. The Labute approximate surface area is 204 Å². The molecule has 3 aromatic heterocycles. The van der Waals surface area contributed by atoms with Crippen LogP contribution in [0.2, 0.25) is 0 Å². The highest BCUT2D eigenvalue weighted by Gasteiger charge is 2.24. The van der Waals surface area contributed by atoms with Gasteiger partial charge in [0.2, 0.25) is 0 Å². The monoisotopic (exact) mass is 470 g/mol. The van der Waals surface area contributed by atoms with E-state index in [4.69, 9.17) is 5.10 Å². The van der Waals surface area contributed by atoms with Gasteiger partial charge in [-0.15, -0.1) is 0 Å². The normalized spacial score (nSPS) is 13.7. The molecular formula is C27H30N6O2. The lowest BCUT2D eigenvalue weighted by Crippen LogP contribution is -2.29. The first-order valence-electron chi connectivity index (χ1n) is 11.9. The lowest BCUT2D eigenvalue weighted by atomic mass is 10.0. The van der Waals surface area contributed by atoms with E-state index in [1.165, 1.54) is 0 Å². The van der Waals surface area contributed by atoms with Crippen LogP contribution in [0.15, 0.2) is 48.8 Å². The second-order valence-electron chi connectivity index (χ2n) is 9.95. The minimum absolute atomic E-state index is 0.0266. The molecule has 1 saturated carbocycles. The van der Waals surface area contributed by atoms with Crippen molar-refractivity contribution in [3.8, 4) is 22.5 Å². The SMILES string of the molecule is Cc1cc(-c2cc(NCC(C)(C)O)c3ncc(-c4ccc(C(=O)NC5CC5)c(C)c4)n3n2)ccn1. The number of rotatable bonds is 7. The second kappa shape index (κ2) is 8.78. The largest absolute Gasteiger partial charge is 0.389 e. The Balaban J connectivity index is 1.59. The summed E-state index contributed by atoms with van der Waals surface area (Å²) in [5.41, 5.74) is 6.46. The van der Waals surface area contributed by atoms with Crippen LogP contribution in [0.25, 0.3) is 28.2 Å². The third kappa shape index (κ3) is 5.02. The number of amides is 1. The fourth-order valence-corrected chi connectivity index (χ4v) is 4.02. The number of hydrogen-bond acceptors (Lipinski definition) is 6. The molecule has 1 aliphatic rings. The zero-order valence-electron chi connectivity index (χ0n) is 20.5. The van der Waals surface area contributed by atoms with E-state index >= 15 is 0 Å². The van der Waals surface area contributed by atoms with Crippen LogP contribution >= 0.6 is 0 Å². The van der Waals surface area contributed by atoms with E-state index in [1.807, 2.05) is 54.8 Å². The number of aromatic nitrogens is 4. The first-order valence-corrected chi connectivity index (χ1v) is 11.9. The van der Waals surface area contributed by atoms with Gasteiger partial charge in [0.1, 0.15) is 0 Å². The van der Waals surface area contributed by atoms with E-state index < -0.39 is 5.60 Å². The molecule has 180 valence electrons. The molecule has 0 saturated heterocycles. The zero-order chi connectivity index (χ0) is 24.7. The van der Waals surface area contributed by atoms with Crippen LogP contribution in [0.1, 0.15) is 48.3 Å². The van der Waals surface area contributed by atoms with Crippen LogP contribution in [-0.2, 0) is 0 Å². The summed E-state index contributed by atoms with van der Waals surface area (Å²) in [4.78, 5) is 21.5. The minimum atomic E-state index is -0.892. The van der Waals surface area contributed by atoms with Crippen molar-refractivity contribution in [3.63, 3.8) is 0 Å². The van der Waals surface area contributed by atoms with E-state index in [0.29, 0.717) is 23.8 Å². The zero-order valence-corrected chi connectivity index (χ0v) is 20.5. The van der Waals surface area contributed by atoms with Crippen LogP contribution < -0.4 is 10.6 Å². The molecule has 1 aromatic carbocycles. The number of aryl methyl sites for hydroxylation is 2. The Morgan fingerprint density at radius 2 is 1.91 bits per heavy atom. The van der Waals surface area contributed by atoms with Gasteiger partial charge in [-0.25, -0.2) is 9.50 Å². The molecule has 1 amide bonds. The lowest BCUT2D eigenvalue weighted by molar-refractivity contribution is 0.0940. The lowest BCUT2D eigenvalue weighted by Gasteiger charge is -2.19. The van der Waals surface area contributed by atoms with Crippen molar-refractivity contribution in [1.29, 1.82) is 0 Å². The van der Waals surface area contributed by atoms with Gasteiger partial charge in [0.25, 0.3) is 5.91 Å². The molecule has 5 rings (SSSR count). The number of benzene rings is 1. The number of fused-ring (bicyclic) bond motifs is 1. The number of nitrogens with one attached hydrogen (secondary N) is 2. The molecule has 4 aromatic rings. The van der Waals surface area contributed by atoms with E-state index in [2.05, 4.69) is 20.6 Å². The fourth-order valence-electron chi connectivity index (χ4n) is 4.02. The first-order chi connectivity index (χ1) is 16.7. The molecule has 0 aliphatic heterocycles. The predicted octanol–water partition coefficient (Wildman–Crippen LogP) is 4.15. The van der Waals surface area contributed by atoms with Crippen LogP contribution in [0, 0.1) is 13.8 Å². The van der Waals surface area contributed by atoms with E-state index in [-0.39, 0.29) is 5.91 Å². The standard InChI is InChI=1S/C27H30N6O2/c1-16-11-19(5-8-21(16)26(34)31-20-6-7-20)24-14-29-25-23(30-15-27(3,4)35)13-22(32-33(24)25)18-9-10-28-17(2)12-18/h5,8-14,20,30,35H,6-7,15H2,1-4H3,(H,31,34). The van der Waals surface area contributed by atoms with Crippen molar-refractivity contribution >= 4 is 17.2 Å². The molecule has 3 N–H and O–H groups in total. The molecule has 0 spiro atoms. The highest BCUT2D eigenvalue weighted by atomic mass is 16.3. The molecule has 1 fully saturated rings. The third-order valence-corrected chi connectivity index (χ3v) is 6.05. The number of aliphatic hydroxyl groups is 1. The third-order valence-electron chi connectivity index (χ3n) is 6.05. The number of hydrogen-bond donors (Lipinski definition) is 3. The second-order valence-corrected chi connectivity index (χ2v) is 9.95. The Morgan fingerprint density at radius 3 is 2.60 bits per heavy atom. The highest BCUT2D eigenvalue weighted by molar-refractivity contribution is 5.96. The van der Waals surface area contributed by atoms with Gasteiger partial charge in [0, 0.05) is 41.2 Å². The van der Waals surface area contributed by atoms with Gasteiger partial charge >= 0.3 is 0 Å². The Hall–Kier alpha value is -3.78. The molecule has 35 heavy (non-hydrogen) atoms. The highest BCUT2D eigenvalue weighted by Crippen LogP contribution is 2.30. The topological polar surface area (TPSA) is 104 Å². The average Bonchev–Trinajstić information content (AvgIpc) is 3.51. The number of imidazole rings is 1. The smallest absolute Gasteiger partial charge is 0.251 e. The van der Waals surface area contributed by atoms with Crippen molar-refractivity contribution in [2.24, 2.45) is 0 Å². The van der Waals surface area contributed by atoms with Gasteiger partial charge in [0.15, 0.2) is 5.65 Å². The van der Waals surface area contributed by atoms with Gasteiger partial charge < -0.3 is 15.7 Å². The van der Waals surface area contributed by atoms with Gasteiger partial charge in [-0.3, -0.25) is 9.78 Å². The fraction of sp³-hybridized carbons (Fsp3) is 0.333. The van der Waals surface area contributed by atoms with Crippen molar-refractivity contribution in [1.82, 2.24) is 24.9 Å². The summed E-state index contributed by atoms with van der Waals surface area (Å²) in [6.07, 6.45) is 5.67. The number of anilines is 1. The van der Waals surface area contributed by atoms with Crippen molar-refractivity contribution in [2.75, 3.05) is 11.9 Å². The first kappa shape index (κ1) is 23.0. The number of carbonyl (C=O) groups is 1. The van der Waals surface area contributed by atoms with Crippen LogP contribution in [0.5, 0.6) is 0 Å². The number of nitrogens with zero attached hydrogens (tertiary/aromatic N) is 4. The summed E-state index contributed by atoms with van der Waals surface area (Å²) in [5.74, 6) is -0.0266. The van der Waals surface area contributed by atoms with Crippen LogP contribution in [0.4, 0.5) is 5.69 Å². The molecule has 0 atom stereocenters. The van der Waals surface area contributed by atoms with Crippen molar-refractivity contribution in [2.45, 2.75) is 52.2 Å². The molecule has 3 heterocycles. The number of pyridine rings is 1. The van der Waals surface area contributed by atoms with E-state index in [0.717, 1.165) is 52.3 Å². The summed E-state index contributed by atoms with van der Waals surface area (Å²) >= 11 is 0. The van der Waals surface area contributed by atoms with Crippen molar-refractivity contribution in [3.05, 3.63) is 65.6 Å². The predicted molar refractivity (Wildman–Crippen MR) is 136 cm³/mol. The van der Waals surface area contributed by atoms with Crippen LogP contribution in [0.3, 0.4) is 0 Å². The molecular weight excluding hydrogens is 440 g/mol. The maximum Gasteiger partial charge on any atom is 0.251 e. The van der Waals surface area contributed by atoms with Crippen molar-refractivity contribution < 1.29 is 9.90 Å². The van der Waals surface area contributed by atoms with Gasteiger partial charge in [-0.1, -0.05) is 6.07 Å². The summed E-state index contributed by atoms with van der Waals surface area (Å²) in [7, 11) is 0. The molecule has 0 radical (unpaired) electrons. The summed E-state index contributed by atoms with van der Waals surface area (Å²) in [6, 6.07) is 12.0. The Kier molecular flexibility index (Phi) is 5.76. The van der Waals surface area contributed by atoms with E-state index in [1.54, 1.807) is 26.2 Å². The van der Waals surface area contributed by atoms with Crippen LogP contribution in [-0.4, -0.2) is 48.8 Å². The molecule has 8 heteroatoms. The van der Waals surface area contributed by atoms with Gasteiger partial charge in [-0.2, -0.15) is 5.10 Å². The summed E-state index contributed by atoms with van der Waals surface area (Å²) < 4.78 is 1.82. The molecule has 8 nitrogen and oxygen atoms in total. The maximum atomic E-state index is 12.6. The summed E-state index contributed by atoms with van der Waals surface area (Å²) in [6.45, 7) is 7.76. The molecule has 0 bridgehead atoms. The average molecular weight is 471 g/mol. The quantitative estimate of drug-likeness (QED) is 0.375. The Bertz CT molecular complexity index is 1420. The minimum Gasteiger partial charge on any atom is -0.389 e. The summed E-state index contributed by atoms with van der Waals surface area (Å²) in [5, 5.41) is 21.6. The van der Waals surface area contributed by atoms with Gasteiger partial charge in [0.05, 0.1) is 28.9 Å². The Morgan fingerprint density at radius 1 is 1.11 bits per heavy atom. The van der Waals surface area contributed by atoms with E-state index in [9.17, 15) is 9.90 Å². The molecule has 1 aliphatic carbocycles. The van der Waals surface area contributed by atoms with Gasteiger partial charge in [-0.05, 0) is 76.4 Å². The maximum absolute atomic E-state index is 12.6. The molecule has 0 unspecified atom stereocenters.